The van der Waals surface area contributed by atoms with Crippen molar-refractivity contribution >= 4 is 11.6 Å². The molecule has 2 aromatic rings. The maximum Gasteiger partial charge on any atom is 0.153 e. The van der Waals surface area contributed by atoms with Crippen molar-refractivity contribution in [1.29, 1.82) is 0 Å². The Kier molecular flexibility index (Phi) is 4.12. The van der Waals surface area contributed by atoms with Crippen molar-refractivity contribution in [3.05, 3.63) is 41.3 Å². The zero-order valence-electron chi connectivity index (χ0n) is 9.73. The van der Waals surface area contributed by atoms with Gasteiger partial charge in [0.25, 0.3) is 0 Å². The van der Waals surface area contributed by atoms with E-state index in [-0.39, 0.29) is 0 Å². The molecule has 0 aliphatic rings. The fourth-order valence-electron chi connectivity index (χ4n) is 1.53. The van der Waals surface area contributed by atoms with Crippen LogP contribution in [-0.4, -0.2) is 21.3 Å². The van der Waals surface area contributed by atoms with Gasteiger partial charge in [0, 0.05) is 25.1 Å². The average molecular weight is 251 g/mol. The van der Waals surface area contributed by atoms with Crippen LogP contribution in [0.5, 0.6) is 0 Å². The predicted octanol–water partition coefficient (Wildman–Crippen LogP) is 2.42. The van der Waals surface area contributed by atoms with E-state index in [2.05, 4.69) is 22.3 Å². The molecule has 1 N–H and O–H groups in total. The number of hydrogen-bond acceptors (Lipinski definition) is 3. The highest BCUT2D eigenvalue weighted by Crippen LogP contribution is 2.17. The Labute approximate surface area is 106 Å². The molecule has 0 unspecified atom stereocenters. The largest absolute Gasteiger partial charge is 0.313 e. The minimum absolute atomic E-state index is 0.685. The number of pyridine rings is 1. The molecule has 0 saturated carbocycles. The van der Waals surface area contributed by atoms with Crippen LogP contribution in [0.15, 0.2) is 30.7 Å². The van der Waals surface area contributed by atoms with Gasteiger partial charge in [-0.1, -0.05) is 18.5 Å². The lowest BCUT2D eigenvalue weighted by molar-refractivity contribution is 0.674. The summed E-state index contributed by atoms with van der Waals surface area (Å²) in [4.78, 5) is 4.25. The Hall–Kier alpha value is -1.39. The van der Waals surface area contributed by atoms with E-state index >= 15 is 0 Å². The van der Waals surface area contributed by atoms with Gasteiger partial charge in [0.2, 0.25) is 0 Å². The molecule has 0 aliphatic heterocycles. The standard InChI is InChI=1S/C12H15ClN4/c1-2-4-14-8-10-7-12(15-9-11(10)13)17-6-3-5-16-17/h3,5-7,9,14H,2,4,8H2,1H3. The summed E-state index contributed by atoms with van der Waals surface area (Å²) in [5.41, 5.74) is 1.04. The second-order valence-electron chi connectivity index (χ2n) is 3.76. The molecule has 0 fully saturated rings. The third-order valence-electron chi connectivity index (χ3n) is 2.40. The van der Waals surface area contributed by atoms with Gasteiger partial charge in [0.15, 0.2) is 5.82 Å². The van der Waals surface area contributed by atoms with Gasteiger partial charge in [0.05, 0.1) is 5.02 Å². The Morgan fingerprint density at radius 2 is 2.35 bits per heavy atom. The summed E-state index contributed by atoms with van der Waals surface area (Å²) in [6.45, 7) is 3.87. The van der Waals surface area contributed by atoms with E-state index in [4.69, 9.17) is 11.6 Å². The Balaban J connectivity index is 2.18. The number of halogens is 1. The maximum atomic E-state index is 6.10. The topological polar surface area (TPSA) is 42.7 Å². The molecule has 4 nitrogen and oxygen atoms in total. The van der Waals surface area contributed by atoms with Crippen LogP contribution in [0, 0.1) is 0 Å². The third-order valence-corrected chi connectivity index (χ3v) is 2.74. The molecule has 0 spiro atoms. The summed E-state index contributed by atoms with van der Waals surface area (Å²) in [5.74, 6) is 0.785. The van der Waals surface area contributed by atoms with E-state index in [0.717, 1.165) is 30.9 Å². The van der Waals surface area contributed by atoms with E-state index in [0.29, 0.717) is 5.02 Å². The van der Waals surface area contributed by atoms with Gasteiger partial charge < -0.3 is 5.32 Å². The number of nitrogens with one attached hydrogen (secondary N) is 1. The second kappa shape index (κ2) is 5.80. The molecule has 0 aliphatic carbocycles. The SMILES string of the molecule is CCCNCc1cc(-n2cccn2)ncc1Cl. The minimum atomic E-state index is 0.685. The van der Waals surface area contributed by atoms with Gasteiger partial charge in [-0.05, 0) is 30.7 Å². The van der Waals surface area contributed by atoms with Crippen molar-refractivity contribution in [2.24, 2.45) is 0 Å². The first-order chi connectivity index (χ1) is 8.31. The van der Waals surface area contributed by atoms with Gasteiger partial charge in [-0.3, -0.25) is 0 Å². The molecule has 90 valence electrons. The average Bonchev–Trinajstić information content (AvgIpc) is 2.85. The van der Waals surface area contributed by atoms with Crippen LogP contribution in [0.25, 0.3) is 5.82 Å². The van der Waals surface area contributed by atoms with Crippen LogP contribution in [0.2, 0.25) is 5.02 Å². The quantitative estimate of drug-likeness (QED) is 0.829. The van der Waals surface area contributed by atoms with E-state index in [1.165, 1.54) is 0 Å². The molecular weight excluding hydrogens is 236 g/mol. The van der Waals surface area contributed by atoms with Crippen LogP contribution >= 0.6 is 11.6 Å². The summed E-state index contributed by atoms with van der Waals surface area (Å²) in [5, 5.41) is 8.15. The predicted molar refractivity (Wildman–Crippen MR) is 68.4 cm³/mol. The molecule has 0 amide bonds. The smallest absolute Gasteiger partial charge is 0.153 e. The molecule has 0 radical (unpaired) electrons. The lowest BCUT2D eigenvalue weighted by Gasteiger charge is -2.07. The number of nitrogens with zero attached hydrogens (tertiary/aromatic N) is 3. The summed E-state index contributed by atoms with van der Waals surface area (Å²) in [6.07, 6.45) is 6.36. The summed E-state index contributed by atoms with van der Waals surface area (Å²) in [7, 11) is 0. The Morgan fingerprint density at radius 1 is 1.47 bits per heavy atom. The lowest BCUT2D eigenvalue weighted by Crippen LogP contribution is -2.14. The molecule has 17 heavy (non-hydrogen) atoms. The molecule has 0 aromatic carbocycles. The lowest BCUT2D eigenvalue weighted by atomic mass is 10.2. The summed E-state index contributed by atoms with van der Waals surface area (Å²) >= 11 is 6.10. The number of rotatable bonds is 5. The first-order valence-electron chi connectivity index (χ1n) is 5.66. The van der Waals surface area contributed by atoms with Crippen molar-refractivity contribution < 1.29 is 0 Å². The van der Waals surface area contributed by atoms with Gasteiger partial charge in [-0.2, -0.15) is 5.10 Å². The fraction of sp³-hybridized carbons (Fsp3) is 0.333. The van der Waals surface area contributed by atoms with Crippen molar-refractivity contribution in [1.82, 2.24) is 20.1 Å². The molecule has 0 atom stereocenters. The molecule has 2 heterocycles. The Bertz CT molecular complexity index is 467. The van der Waals surface area contributed by atoms with Crippen LogP contribution in [0.1, 0.15) is 18.9 Å². The second-order valence-corrected chi connectivity index (χ2v) is 4.17. The summed E-state index contributed by atoms with van der Waals surface area (Å²) in [6, 6.07) is 3.82. The first-order valence-corrected chi connectivity index (χ1v) is 6.04. The molecule has 5 heteroatoms. The van der Waals surface area contributed by atoms with Crippen molar-refractivity contribution in [3.8, 4) is 5.82 Å². The number of hydrogen-bond donors (Lipinski definition) is 1. The number of aromatic nitrogens is 3. The Morgan fingerprint density at radius 3 is 3.06 bits per heavy atom. The monoisotopic (exact) mass is 250 g/mol. The van der Waals surface area contributed by atoms with E-state index in [1.807, 2.05) is 18.3 Å². The van der Waals surface area contributed by atoms with Gasteiger partial charge in [-0.15, -0.1) is 0 Å². The maximum absolute atomic E-state index is 6.10. The normalized spacial score (nSPS) is 10.7. The molecule has 0 saturated heterocycles. The fourth-order valence-corrected chi connectivity index (χ4v) is 1.70. The molecular formula is C12H15ClN4. The van der Waals surface area contributed by atoms with Crippen LogP contribution in [-0.2, 0) is 6.54 Å². The highest BCUT2D eigenvalue weighted by molar-refractivity contribution is 6.31. The van der Waals surface area contributed by atoms with Gasteiger partial charge in [-0.25, -0.2) is 9.67 Å². The van der Waals surface area contributed by atoms with E-state index in [1.54, 1.807) is 17.1 Å². The zero-order chi connectivity index (χ0) is 12.1. The molecule has 0 bridgehead atoms. The van der Waals surface area contributed by atoms with Crippen LogP contribution < -0.4 is 5.32 Å². The van der Waals surface area contributed by atoms with Gasteiger partial charge >= 0.3 is 0 Å². The van der Waals surface area contributed by atoms with Gasteiger partial charge in [0.1, 0.15) is 0 Å². The first kappa shape index (κ1) is 12.1. The van der Waals surface area contributed by atoms with Crippen molar-refractivity contribution in [2.45, 2.75) is 19.9 Å². The van der Waals surface area contributed by atoms with Crippen LogP contribution in [0.3, 0.4) is 0 Å². The molecule has 2 aromatic heterocycles. The van der Waals surface area contributed by atoms with Crippen molar-refractivity contribution in [3.63, 3.8) is 0 Å². The minimum Gasteiger partial charge on any atom is -0.313 e. The molecule has 2 rings (SSSR count). The highest BCUT2D eigenvalue weighted by Gasteiger charge is 2.04. The summed E-state index contributed by atoms with van der Waals surface area (Å²) < 4.78 is 1.72. The zero-order valence-corrected chi connectivity index (χ0v) is 10.5. The van der Waals surface area contributed by atoms with E-state index in [9.17, 15) is 0 Å². The van der Waals surface area contributed by atoms with Crippen molar-refractivity contribution in [2.75, 3.05) is 6.54 Å². The van der Waals surface area contributed by atoms with E-state index < -0.39 is 0 Å². The highest BCUT2D eigenvalue weighted by atomic mass is 35.5. The third kappa shape index (κ3) is 3.05. The van der Waals surface area contributed by atoms with Crippen LogP contribution in [0.4, 0.5) is 0 Å².